The van der Waals surface area contributed by atoms with Gasteiger partial charge in [-0.05, 0) is 24.7 Å². The van der Waals surface area contributed by atoms with Crippen LogP contribution in [0.15, 0.2) is 0 Å². The van der Waals surface area contributed by atoms with Gasteiger partial charge in [0, 0.05) is 0 Å². The molecule has 0 fully saturated rings. The molecule has 0 aromatic rings. The lowest BCUT2D eigenvalue weighted by molar-refractivity contribution is 0.455. The fourth-order valence-corrected chi connectivity index (χ4v) is 2.28. The van der Waals surface area contributed by atoms with Crippen molar-refractivity contribution >= 4 is 0 Å². The average Bonchev–Trinajstić information content (AvgIpc) is 2.24. The summed E-state index contributed by atoms with van der Waals surface area (Å²) in [6.45, 7) is 9.34. The van der Waals surface area contributed by atoms with Crippen molar-refractivity contribution in [2.45, 2.75) is 85.5 Å². The molecule has 0 heteroatoms. The van der Waals surface area contributed by atoms with Gasteiger partial charge in [-0.3, -0.25) is 0 Å². The third-order valence-electron chi connectivity index (χ3n) is 3.49. The van der Waals surface area contributed by atoms with E-state index in [9.17, 15) is 0 Å². The van der Waals surface area contributed by atoms with Gasteiger partial charge in [0.1, 0.15) is 0 Å². The Kier molecular flexibility index (Phi) is 10.5. The highest BCUT2D eigenvalue weighted by molar-refractivity contribution is 4.92. The SMILES string of the molecule is CCCCC[C](CC)C(C)CCCCC. The van der Waals surface area contributed by atoms with Crippen molar-refractivity contribution in [1.82, 2.24) is 0 Å². The Morgan fingerprint density at radius 2 is 1.47 bits per heavy atom. The first kappa shape index (κ1) is 15.0. The maximum atomic E-state index is 2.43. The largest absolute Gasteiger partial charge is 0.0654 e. The van der Waals surface area contributed by atoms with Crippen LogP contribution < -0.4 is 0 Å². The van der Waals surface area contributed by atoms with E-state index in [1.165, 1.54) is 57.8 Å². The predicted molar refractivity (Wildman–Crippen MR) is 71.0 cm³/mol. The number of hydrogen-bond donors (Lipinski definition) is 0. The van der Waals surface area contributed by atoms with Crippen molar-refractivity contribution in [2.24, 2.45) is 5.92 Å². The van der Waals surface area contributed by atoms with E-state index in [-0.39, 0.29) is 0 Å². The zero-order valence-corrected chi connectivity index (χ0v) is 11.4. The molecule has 0 amide bonds. The molecule has 0 saturated carbocycles. The number of rotatable bonds is 10. The fraction of sp³-hybridized carbons (Fsp3) is 0.933. The maximum Gasteiger partial charge on any atom is -0.0215 e. The quantitative estimate of drug-likeness (QED) is 0.402. The number of hydrogen-bond acceptors (Lipinski definition) is 0. The second-order valence-electron chi connectivity index (χ2n) is 4.87. The van der Waals surface area contributed by atoms with E-state index in [0.29, 0.717) is 0 Å². The molecule has 0 heterocycles. The highest BCUT2D eigenvalue weighted by Gasteiger charge is 2.14. The Morgan fingerprint density at radius 1 is 0.867 bits per heavy atom. The van der Waals surface area contributed by atoms with Crippen LogP contribution in [0.1, 0.15) is 85.5 Å². The molecule has 0 nitrogen and oxygen atoms in total. The molecule has 1 radical (unpaired) electrons. The zero-order valence-electron chi connectivity index (χ0n) is 11.4. The third-order valence-corrected chi connectivity index (χ3v) is 3.49. The van der Waals surface area contributed by atoms with Gasteiger partial charge in [-0.25, -0.2) is 0 Å². The van der Waals surface area contributed by atoms with E-state index in [4.69, 9.17) is 0 Å². The molecule has 0 rings (SSSR count). The van der Waals surface area contributed by atoms with Crippen molar-refractivity contribution in [2.75, 3.05) is 0 Å². The van der Waals surface area contributed by atoms with Crippen LogP contribution >= 0.6 is 0 Å². The van der Waals surface area contributed by atoms with Gasteiger partial charge in [0.2, 0.25) is 0 Å². The molecule has 15 heavy (non-hydrogen) atoms. The molecule has 0 spiro atoms. The van der Waals surface area contributed by atoms with Crippen molar-refractivity contribution in [3.05, 3.63) is 5.92 Å². The van der Waals surface area contributed by atoms with Crippen LogP contribution in [0.2, 0.25) is 0 Å². The fourth-order valence-electron chi connectivity index (χ4n) is 2.28. The topological polar surface area (TPSA) is 0 Å². The highest BCUT2D eigenvalue weighted by atomic mass is 14.2. The van der Waals surface area contributed by atoms with Gasteiger partial charge >= 0.3 is 0 Å². The maximum absolute atomic E-state index is 2.43. The summed E-state index contributed by atoms with van der Waals surface area (Å²) in [7, 11) is 0. The molecular weight excluding hydrogens is 180 g/mol. The molecule has 0 aliphatic carbocycles. The molecule has 91 valence electrons. The van der Waals surface area contributed by atoms with Crippen LogP contribution in [0.4, 0.5) is 0 Å². The predicted octanol–water partition coefficient (Wildman–Crippen LogP) is 5.77. The molecule has 0 saturated heterocycles. The van der Waals surface area contributed by atoms with Crippen LogP contribution in [0.25, 0.3) is 0 Å². The van der Waals surface area contributed by atoms with Gasteiger partial charge in [-0.2, -0.15) is 0 Å². The van der Waals surface area contributed by atoms with Crippen molar-refractivity contribution in [3.63, 3.8) is 0 Å². The van der Waals surface area contributed by atoms with Crippen LogP contribution in [-0.2, 0) is 0 Å². The van der Waals surface area contributed by atoms with E-state index in [2.05, 4.69) is 27.7 Å². The van der Waals surface area contributed by atoms with E-state index in [1.54, 1.807) is 0 Å². The van der Waals surface area contributed by atoms with E-state index in [1.807, 2.05) is 5.92 Å². The smallest absolute Gasteiger partial charge is 0.0215 e. The molecule has 1 atom stereocenters. The summed E-state index contributed by atoms with van der Waals surface area (Å²) < 4.78 is 0. The lowest BCUT2D eigenvalue weighted by atomic mass is 9.84. The van der Waals surface area contributed by atoms with Gasteiger partial charge in [0.15, 0.2) is 0 Å². The van der Waals surface area contributed by atoms with Gasteiger partial charge < -0.3 is 0 Å². The normalized spacial score (nSPS) is 13.4. The standard InChI is InChI=1S/C15H31/c1-5-8-10-12-14(4)15(7-3)13-11-9-6-2/h14H,5-13H2,1-4H3. The summed E-state index contributed by atoms with van der Waals surface area (Å²) in [5.74, 6) is 2.69. The molecule has 0 aromatic carbocycles. The van der Waals surface area contributed by atoms with Crippen LogP contribution in [0.5, 0.6) is 0 Å². The van der Waals surface area contributed by atoms with Gasteiger partial charge in [0.25, 0.3) is 0 Å². The lowest BCUT2D eigenvalue weighted by Gasteiger charge is -2.22. The minimum Gasteiger partial charge on any atom is -0.0654 e. The van der Waals surface area contributed by atoms with E-state index < -0.39 is 0 Å². The Hall–Kier alpha value is 0. The minimum atomic E-state index is 0.874. The minimum absolute atomic E-state index is 0.874. The Morgan fingerprint density at radius 3 is 2.00 bits per heavy atom. The Balaban J connectivity index is 3.62. The Bertz CT molecular complexity index is 117. The van der Waals surface area contributed by atoms with Gasteiger partial charge in [-0.1, -0.05) is 72.6 Å². The molecular formula is C15H31. The molecule has 1 unspecified atom stereocenters. The first-order valence-corrected chi connectivity index (χ1v) is 7.10. The van der Waals surface area contributed by atoms with Crippen LogP contribution in [0.3, 0.4) is 0 Å². The summed E-state index contributed by atoms with van der Waals surface area (Å²) in [6, 6.07) is 0. The van der Waals surface area contributed by atoms with E-state index >= 15 is 0 Å². The molecule has 0 N–H and O–H groups in total. The molecule has 0 aliphatic rings. The second-order valence-corrected chi connectivity index (χ2v) is 4.87. The molecule has 0 bridgehead atoms. The lowest BCUT2D eigenvalue weighted by Crippen LogP contribution is -2.08. The first-order chi connectivity index (χ1) is 7.26. The summed E-state index contributed by atoms with van der Waals surface area (Å²) >= 11 is 0. The van der Waals surface area contributed by atoms with Crippen molar-refractivity contribution < 1.29 is 0 Å². The van der Waals surface area contributed by atoms with Crippen molar-refractivity contribution in [3.8, 4) is 0 Å². The summed E-state index contributed by atoms with van der Waals surface area (Å²) in [6.07, 6.45) is 12.5. The molecule has 0 aliphatic heterocycles. The first-order valence-electron chi connectivity index (χ1n) is 7.10. The summed E-state index contributed by atoms with van der Waals surface area (Å²) in [4.78, 5) is 0. The van der Waals surface area contributed by atoms with E-state index in [0.717, 1.165) is 5.92 Å². The van der Waals surface area contributed by atoms with Crippen LogP contribution in [-0.4, -0.2) is 0 Å². The van der Waals surface area contributed by atoms with Crippen molar-refractivity contribution in [1.29, 1.82) is 0 Å². The monoisotopic (exact) mass is 211 g/mol. The third kappa shape index (κ3) is 7.88. The summed E-state index contributed by atoms with van der Waals surface area (Å²) in [5.41, 5.74) is 0. The average molecular weight is 211 g/mol. The van der Waals surface area contributed by atoms with Crippen LogP contribution in [0, 0.1) is 11.8 Å². The summed E-state index contributed by atoms with van der Waals surface area (Å²) in [5, 5.41) is 0. The molecule has 0 aromatic heterocycles. The van der Waals surface area contributed by atoms with Gasteiger partial charge in [0.05, 0.1) is 0 Å². The second kappa shape index (κ2) is 10.5. The van der Waals surface area contributed by atoms with Gasteiger partial charge in [-0.15, -0.1) is 0 Å². The zero-order chi connectivity index (χ0) is 11.5. The Labute approximate surface area is 97.8 Å². The number of unbranched alkanes of at least 4 members (excludes halogenated alkanes) is 4. The highest BCUT2D eigenvalue weighted by Crippen LogP contribution is 2.28.